The molecule has 0 unspecified atom stereocenters. The maximum atomic E-state index is 12.3. The summed E-state index contributed by atoms with van der Waals surface area (Å²) >= 11 is 0. The van der Waals surface area contributed by atoms with Crippen LogP contribution in [0.4, 0.5) is 4.79 Å². The van der Waals surface area contributed by atoms with E-state index in [-0.39, 0.29) is 6.03 Å². The van der Waals surface area contributed by atoms with Crippen LogP contribution in [-0.2, 0) is 0 Å². The van der Waals surface area contributed by atoms with Crippen molar-refractivity contribution in [1.29, 1.82) is 0 Å². The number of likely N-dealkylation sites (N-methyl/N-ethyl adjacent to an activating group) is 1. The van der Waals surface area contributed by atoms with Crippen molar-refractivity contribution in [1.82, 2.24) is 14.7 Å². The van der Waals surface area contributed by atoms with E-state index in [1.807, 2.05) is 41.0 Å². The number of likely N-dealkylation sites (tertiary alicyclic amines) is 1. The molecule has 0 aliphatic carbocycles. The van der Waals surface area contributed by atoms with Crippen LogP contribution in [-0.4, -0.2) is 78.3 Å². The molecule has 6 heteroatoms. The van der Waals surface area contributed by atoms with Crippen LogP contribution in [0.3, 0.4) is 0 Å². The van der Waals surface area contributed by atoms with Gasteiger partial charge in [-0.2, -0.15) is 0 Å². The summed E-state index contributed by atoms with van der Waals surface area (Å²) in [5.74, 6) is 0.799. The van der Waals surface area contributed by atoms with Gasteiger partial charge in [-0.1, -0.05) is 12.1 Å². The Balaban J connectivity index is 1.48. The molecule has 2 aliphatic rings. The van der Waals surface area contributed by atoms with Crippen molar-refractivity contribution in [2.45, 2.75) is 31.9 Å². The summed E-state index contributed by atoms with van der Waals surface area (Å²) < 4.78 is 5.16. The topological polar surface area (TPSA) is 56.3 Å². The second kappa shape index (κ2) is 8.06. The zero-order valence-corrected chi connectivity index (χ0v) is 15.2. The van der Waals surface area contributed by atoms with E-state index in [0.29, 0.717) is 12.6 Å². The fourth-order valence-electron chi connectivity index (χ4n) is 3.82. The molecular weight excluding hydrogens is 318 g/mol. The zero-order valence-electron chi connectivity index (χ0n) is 15.2. The van der Waals surface area contributed by atoms with E-state index in [0.717, 1.165) is 56.9 Å². The molecule has 1 N–H and O–H groups in total. The van der Waals surface area contributed by atoms with Crippen molar-refractivity contribution < 1.29 is 14.6 Å². The normalized spacial score (nSPS) is 21.0. The molecule has 3 rings (SSSR count). The standard InChI is InChI=1S/C19H29N3O3/c1-3-21-12-13-22(19(21)24)16-8-10-20(11-9-16)14-18(23)15-4-6-17(25-2)7-5-15/h4-7,16,18,23H,3,8-14H2,1-2H3/t18-/m0/s1. The highest BCUT2D eigenvalue weighted by atomic mass is 16.5. The van der Waals surface area contributed by atoms with E-state index in [1.54, 1.807) is 7.11 Å². The Morgan fingerprint density at radius 3 is 2.40 bits per heavy atom. The van der Waals surface area contributed by atoms with Crippen LogP contribution in [0.15, 0.2) is 24.3 Å². The highest BCUT2D eigenvalue weighted by molar-refractivity contribution is 5.76. The molecular formula is C19H29N3O3. The van der Waals surface area contributed by atoms with Crippen molar-refractivity contribution in [3.8, 4) is 5.75 Å². The fraction of sp³-hybridized carbons (Fsp3) is 0.632. The molecule has 2 aliphatic heterocycles. The second-order valence-corrected chi connectivity index (χ2v) is 6.88. The number of rotatable bonds is 6. The third-order valence-electron chi connectivity index (χ3n) is 5.44. The monoisotopic (exact) mass is 347 g/mol. The van der Waals surface area contributed by atoms with Gasteiger partial charge in [-0.25, -0.2) is 4.79 Å². The Morgan fingerprint density at radius 1 is 1.16 bits per heavy atom. The molecule has 25 heavy (non-hydrogen) atoms. The van der Waals surface area contributed by atoms with E-state index in [1.165, 1.54) is 0 Å². The number of carbonyl (C=O) groups is 1. The van der Waals surface area contributed by atoms with Crippen LogP contribution in [0.2, 0.25) is 0 Å². The van der Waals surface area contributed by atoms with Crippen LogP contribution >= 0.6 is 0 Å². The number of carbonyl (C=O) groups excluding carboxylic acids is 1. The minimum Gasteiger partial charge on any atom is -0.497 e. The van der Waals surface area contributed by atoms with Crippen molar-refractivity contribution in [2.75, 3.05) is 46.4 Å². The summed E-state index contributed by atoms with van der Waals surface area (Å²) in [6.07, 6.45) is 1.48. The van der Waals surface area contributed by atoms with Gasteiger partial charge in [0.2, 0.25) is 0 Å². The summed E-state index contributed by atoms with van der Waals surface area (Å²) in [6.45, 7) is 7.01. The number of hydrogen-bond acceptors (Lipinski definition) is 4. The SMILES string of the molecule is CCN1CCN(C2CCN(C[C@H](O)c3ccc(OC)cc3)CC2)C1=O. The molecule has 138 valence electrons. The molecule has 0 aromatic heterocycles. The van der Waals surface area contributed by atoms with Crippen LogP contribution < -0.4 is 4.74 Å². The number of amides is 2. The Hall–Kier alpha value is -1.79. The highest BCUT2D eigenvalue weighted by Crippen LogP contribution is 2.24. The molecule has 0 saturated carbocycles. The van der Waals surface area contributed by atoms with E-state index >= 15 is 0 Å². The highest BCUT2D eigenvalue weighted by Gasteiger charge is 2.34. The maximum absolute atomic E-state index is 12.3. The minimum atomic E-state index is -0.494. The van der Waals surface area contributed by atoms with Crippen molar-refractivity contribution in [3.05, 3.63) is 29.8 Å². The Labute approximate surface area is 150 Å². The molecule has 2 fully saturated rings. The van der Waals surface area contributed by atoms with Gasteiger partial charge in [0.1, 0.15) is 5.75 Å². The van der Waals surface area contributed by atoms with E-state index in [9.17, 15) is 9.90 Å². The van der Waals surface area contributed by atoms with E-state index < -0.39 is 6.10 Å². The van der Waals surface area contributed by atoms with Gasteiger partial charge in [-0.3, -0.25) is 0 Å². The van der Waals surface area contributed by atoms with Gasteiger partial charge in [0.25, 0.3) is 0 Å². The Morgan fingerprint density at radius 2 is 1.84 bits per heavy atom. The van der Waals surface area contributed by atoms with Crippen LogP contribution in [0.1, 0.15) is 31.4 Å². The summed E-state index contributed by atoms with van der Waals surface area (Å²) in [5.41, 5.74) is 0.913. The molecule has 0 radical (unpaired) electrons. The van der Waals surface area contributed by atoms with Gasteiger partial charge in [0.05, 0.1) is 13.2 Å². The molecule has 2 saturated heterocycles. The summed E-state index contributed by atoms with van der Waals surface area (Å²) in [5, 5.41) is 10.5. The average molecular weight is 347 g/mol. The number of ether oxygens (including phenoxy) is 1. The molecule has 1 atom stereocenters. The molecule has 2 amide bonds. The molecule has 0 bridgehead atoms. The third-order valence-corrected chi connectivity index (χ3v) is 5.44. The lowest BCUT2D eigenvalue weighted by atomic mass is 10.0. The smallest absolute Gasteiger partial charge is 0.320 e. The first-order chi connectivity index (χ1) is 12.1. The van der Waals surface area contributed by atoms with Gasteiger partial charge in [-0.15, -0.1) is 0 Å². The van der Waals surface area contributed by atoms with Crippen LogP contribution in [0.25, 0.3) is 0 Å². The Bertz CT molecular complexity index is 570. The van der Waals surface area contributed by atoms with Crippen LogP contribution in [0, 0.1) is 0 Å². The van der Waals surface area contributed by atoms with Crippen molar-refractivity contribution in [2.24, 2.45) is 0 Å². The third kappa shape index (κ3) is 4.07. The summed E-state index contributed by atoms with van der Waals surface area (Å²) in [6, 6.07) is 8.13. The fourth-order valence-corrected chi connectivity index (χ4v) is 3.82. The lowest BCUT2D eigenvalue weighted by Crippen LogP contribution is -2.47. The van der Waals surface area contributed by atoms with Crippen LogP contribution in [0.5, 0.6) is 5.75 Å². The molecule has 6 nitrogen and oxygen atoms in total. The number of urea groups is 1. The average Bonchev–Trinajstić information content (AvgIpc) is 3.03. The van der Waals surface area contributed by atoms with Crippen molar-refractivity contribution >= 4 is 6.03 Å². The minimum absolute atomic E-state index is 0.194. The number of β-amino-alcohol motifs (C(OH)–C–C–N with tert-alkyl or cyclic N) is 1. The van der Waals surface area contributed by atoms with E-state index in [2.05, 4.69) is 4.90 Å². The number of piperidine rings is 1. The Kier molecular flexibility index (Phi) is 5.81. The predicted octanol–water partition coefficient (Wildman–Crippen LogP) is 1.95. The number of aliphatic hydroxyl groups is 1. The van der Waals surface area contributed by atoms with Gasteiger partial charge < -0.3 is 24.5 Å². The largest absolute Gasteiger partial charge is 0.497 e. The zero-order chi connectivity index (χ0) is 17.8. The molecule has 1 aromatic carbocycles. The maximum Gasteiger partial charge on any atom is 0.320 e. The number of methoxy groups -OCH3 is 1. The first kappa shape index (κ1) is 18.0. The number of nitrogens with zero attached hydrogens (tertiary/aromatic N) is 3. The second-order valence-electron chi connectivity index (χ2n) is 6.88. The van der Waals surface area contributed by atoms with Gasteiger partial charge in [-0.05, 0) is 37.5 Å². The number of aliphatic hydroxyl groups excluding tert-OH is 1. The summed E-state index contributed by atoms with van der Waals surface area (Å²) in [4.78, 5) is 18.6. The number of benzene rings is 1. The quantitative estimate of drug-likeness (QED) is 0.855. The molecule has 0 spiro atoms. The van der Waals surface area contributed by atoms with Gasteiger partial charge in [0.15, 0.2) is 0 Å². The number of hydrogen-bond donors (Lipinski definition) is 1. The lowest BCUT2D eigenvalue weighted by molar-refractivity contribution is 0.0785. The summed E-state index contributed by atoms with van der Waals surface area (Å²) in [7, 11) is 1.64. The first-order valence-corrected chi connectivity index (χ1v) is 9.22. The van der Waals surface area contributed by atoms with Gasteiger partial charge >= 0.3 is 6.03 Å². The molecule has 2 heterocycles. The lowest BCUT2D eigenvalue weighted by Gasteiger charge is -2.37. The predicted molar refractivity (Wildman–Crippen MR) is 96.8 cm³/mol. The van der Waals surface area contributed by atoms with Gasteiger partial charge in [0, 0.05) is 45.3 Å². The molecule has 1 aromatic rings. The van der Waals surface area contributed by atoms with E-state index in [4.69, 9.17) is 4.74 Å². The first-order valence-electron chi connectivity index (χ1n) is 9.22. The van der Waals surface area contributed by atoms with Crippen molar-refractivity contribution in [3.63, 3.8) is 0 Å².